The van der Waals surface area contributed by atoms with E-state index in [2.05, 4.69) is 25.7 Å². The number of aromatic nitrogens is 2. The van der Waals surface area contributed by atoms with Crippen molar-refractivity contribution >= 4 is 0 Å². The quantitative estimate of drug-likeness (QED) is 0.409. The Morgan fingerprint density at radius 2 is 1.61 bits per heavy atom. The van der Waals surface area contributed by atoms with Crippen molar-refractivity contribution in [2.75, 3.05) is 13.2 Å². The summed E-state index contributed by atoms with van der Waals surface area (Å²) in [5.74, 6) is 1.47. The summed E-state index contributed by atoms with van der Waals surface area (Å²) in [6.07, 6.45) is 0.307. The fourth-order valence-corrected chi connectivity index (χ4v) is 3.66. The molecule has 0 bridgehead atoms. The van der Waals surface area contributed by atoms with Crippen molar-refractivity contribution in [3.05, 3.63) is 71.9 Å². The van der Waals surface area contributed by atoms with Gasteiger partial charge in [-0.05, 0) is 58.4 Å². The molecule has 33 heavy (non-hydrogen) atoms. The van der Waals surface area contributed by atoms with E-state index in [0.717, 1.165) is 29.1 Å². The van der Waals surface area contributed by atoms with Gasteiger partial charge >= 0.3 is 0 Å². The highest BCUT2D eigenvalue weighted by Crippen LogP contribution is 2.32. The Morgan fingerprint density at radius 3 is 2.18 bits per heavy atom. The summed E-state index contributed by atoms with van der Waals surface area (Å²) in [6.45, 7) is 11.8. The number of aliphatic hydroxyl groups excluding tert-OH is 1. The third-order valence-corrected chi connectivity index (χ3v) is 5.47. The van der Waals surface area contributed by atoms with E-state index in [1.54, 1.807) is 0 Å². The molecule has 6 nitrogen and oxygen atoms in total. The van der Waals surface area contributed by atoms with Crippen molar-refractivity contribution in [3.63, 3.8) is 0 Å². The van der Waals surface area contributed by atoms with Crippen LogP contribution in [0.2, 0.25) is 0 Å². The fourth-order valence-electron chi connectivity index (χ4n) is 3.66. The van der Waals surface area contributed by atoms with Gasteiger partial charge in [0.05, 0.1) is 35.8 Å². The minimum Gasteiger partial charge on any atom is -0.439 e. The van der Waals surface area contributed by atoms with Crippen LogP contribution in [0.3, 0.4) is 0 Å². The Bertz CT molecular complexity index is 971. The molecule has 0 aliphatic rings. The topological polar surface area (TPSA) is 59.8 Å². The minimum absolute atomic E-state index is 0.0915. The fraction of sp³-hybridized carbons (Fsp3) is 0.444. The molecular formula is C27H37N3O3. The lowest BCUT2D eigenvalue weighted by Gasteiger charge is -2.29. The van der Waals surface area contributed by atoms with Crippen molar-refractivity contribution in [3.8, 4) is 17.3 Å². The molecule has 1 aromatic heterocycles. The van der Waals surface area contributed by atoms with E-state index in [9.17, 15) is 5.11 Å². The van der Waals surface area contributed by atoms with Crippen LogP contribution in [-0.4, -0.2) is 51.2 Å². The molecule has 0 radical (unpaired) electrons. The maximum atomic E-state index is 10.6. The highest BCUT2D eigenvalue weighted by atomic mass is 16.5. The first-order chi connectivity index (χ1) is 15.9. The van der Waals surface area contributed by atoms with Crippen molar-refractivity contribution in [1.82, 2.24) is 14.7 Å². The SMILES string of the molecule is CCc1nn(-c2ccccc2)c(Oc2ccccc2)c1CN(C[C@H](O)COC(C)C)C(C)C. The molecule has 0 fully saturated rings. The van der Waals surface area contributed by atoms with E-state index in [1.165, 1.54) is 0 Å². The van der Waals surface area contributed by atoms with Crippen molar-refractivity contribution in [1.29, 1.82) is 0 Å². The Hall–Kier alpha value is -2.67. The molecule has 0 amide bonds. The molecule has 1 atom stereocenters. The van der Waals surface area contributed by atoms with Gasteiger partial charge in [0, 0.05) is 19.1 Å². The summed E-state index contributed by atoms with van der Waals surface area (Å²) in [5.41, 5.74) is 2.98. The number of aliphatic hydroxyl groups is 1. The molecule has 3 aromatic rings. The predicted octanol–water partition coefficient (Wildman–Crippen LogP) is 5.22. The zero-order chi connectivity index (χ0) is 23.8. The van der Waals surface area contributed by atoms with Gasteiger partial charge in [0.25, 0.3) is 0 Å². The first-order valence-electron chi connectivity index (χ1n) is 11.8. The first kappa shape index (κ1) is 25.0. The highest BCUT2D eigenvalue weighted by Gasteiger charge is 2.25. The van der Waals surface area contributed by atoms with Crippen molar-refractivity contribution < 1.29 is 14.6 Å². The summed E-state index contributed by atoms with van der Waals surface area (Å²) in [7, 11) is 0. The number of para-hydroxylation sites is 2. The predicted molar refractivity (Wildman–Crippen MR) is 132 cm³/mol. The number of hydrogen-bond acceptors (Lipinski definition) is 5. The molecule has 178 valence electrons. The van der Waals surface area contributed by atoms with Gasteiger partial charge in [0.2, 0.25) is 5.88 Å². The molecule has 3 rings (SSSR count). The van der Waals surface area contributed by atoms with Crippen LogP contribution in [0.25, 0.3) is 5.69 Å². The van der Waals surface area contributed by atoms with E-state index in [0.29, 0.717) is 25.6 Å². The zero-order valence-electron chi connectivity index (χ0n) is 20.4. The molecule has 0 aliphatic heterocycles. The second-order valence-corrected chi connectivity index (χ2v) is 8.81. The van der Waals surface area contributed by atoms with Gasteiger partial charge < -0.3 is 14.6 Å². The molecule has 0 saturated heterocycles. The van der Waals surface area contributed by atoms with Crippen LogP contribution in [0.1, 0.15) is 45.9 Å². The van der Waals surface area contributed by atoms with E-state index < -0.39 is 6.10 Å². The van der Waals surface area contributed by atoms with Crippen LogP contribution in [-0.2, 0) is 17.7 Å². The van der Waals surface area contributed by atoms with E-state index in [-0.39, 0.29) is 12.1 Å². The summed E-state index contributed by atoms with van der Waals surface area (Å²) >= 11 is 0. The van der Waals surface area contributed by atoms with Gasteiger partial charge in [0.1, 0.15) is 5.75 Å². The summed E-state index contributed by atoms with van der Waals surface area (Å²) in [4.78, 5) is 2.25. The Labute approximate surface area is 197 Å². The lowest BCUT2D eigenvalue weighted by Crippen LogP contribution is -2.39. The van der Waals surface area contributed by atoms with Gasteiger partial charge in [-0.2, -0.15) is 5.10 Å². The average Bonchev–Trinajstić information content (AvgIpc) is 3.15. The summed E-state index contributed by atoms with van der Waals surface area (Å²) in [5, 5.41) is 15.5. The maximum absolute atomic E-state index is 10.6. The molecule has 2 aromatic carbocycles. The third-order valence-electron chi connectivity index (χ3n) is 5.47. The Morgan fingerprint density at radius 1 is 0.970 bits per heavy atom. The first-order valence-corrected chi connectivity index (χ1v) is 11.8. The monoisotopic (exact) mass is 451 g/mol. The van der Waals surface area contributed by atoms with Gasteiger partial charge in [0.15, 0.2) is 0 Å². The lowest BCUT2D eigenvalue weighted by molar-refractivity contribution is -0.0137. The normalized spacial score (nSPS) is 12.6. The van der Waals surface area contributed by atoms with Crippen LogP contribution >= 0.6 is 0 Å². The molecule has 0 unspecified atom stereocenters. The minimum atomic E-state index is -0.567. The van der Waals surface area contributed by atoms with Gasteiger partial charge in [-0.25, -0.2) is 4.68 Å². The smallest absolute Gasteiger partial charge is 0.227 e. The van der Waals surface area contributed by atoms with E-state index in [1.807, 2.05) is 79.2 Å². The zero-order valence-corrected chi connectivity index (χ0v) is 20.4. The van der Waals surface area contributed by atoms with Crippen LogP contribution in [0.15, 0.2) is 60.7 Å². The van der Waals surface area contributed by atoms with E-state index in [4.69, 9.17) is 14.6 Å². The molecular weight excluding hydrogens is 414 g/mol. The van der Waals surface area contributed by atoms with Crippen molar-refractivity contribution in [2.45, 2.75) is 65.8 Å². The Kier molecular flexibility index (Phi) is 9.06. The number of hydrogen-bond donors (Lipinski definition) is 1. The molecule has 0 aliphatic carbocycles. The molecule has 6 heteroatoms. The van der Waals surface area contributed by atoms with Crippen LogP contribution < -0.4 is 4.74 Å². The number of benzene rings is 2. The second-order valence-electron chi connectivity index (χ2n) is 8.81. The summed E-state index contributed by atoms with van der Waals surface area (Å²) < 4.78 is 13.9. The standard InChI is InChI=1S/C27H37N3O3/c1-6-26-25(18-29(20(2)3)17-23(31)19-32-21(4)5)27(33-24-15-11-8-12-16-24)30(28-26)22-13-9-7-10-14-22/h7-16,20-21,23,31H,6,17-19H2,1-5H3/t23-/m0/s1. The van der Waals surface area contributed by atoms with Crippen LogP contribution in [0.4, 0.5) is 0 Å². The van der Waals surface area contributed by atoms with Crippen LogP contribution in [0.5, 0.6) is 11.6 Å². The third kappa shape index (κ3) is 6.90. The Balaban J connectivity index is 1.97. The number of aryl methyl sites for hydroxylation is 1. The second kappa shape index (κ2) is 12.0. The molecule has 0 saturated carbocycles. The molecule has 1 heterocycles. The number of nitrogens with zero attached hydrogens (tertiary/aromatic N) is 3. The maximum Gasteiger partial charge on any atom is 0.227 e. The summed E-state index contributed by atoms with van der Waals surface area (Å²) in [6, 6.07) is 20.1. The van der Waals surface area contributed by atoms with Crippen molar-refractivity contribution in [2.24, 2.45) is 0 Å². The average molecular weight is 452 g/mol. The van der Waals surface area contributed by atoms with E-state index >= 15 is 0 Å². The van der Waals surface area contributed by atoms with Gasteiger partial charge in [-0.3, -0.25) is 4.90 Å². The number of ether oxygens (including phenoxy) is 2. The number of rotatable bonds is 12. The highest BCUT2D eigenvalue weighted by molar-refractivity contribution is 5.43. The largest absolute Gasteiger partial charge is 0.439 e. The molecule has 0 spiro atoms. The molecule has 1 N–H and O–H groups in total. The van der Waals surface area contributed by atoms with Gasteiger partial charge in [-0.15, -0.1) is 0 Å². The van der Waals surface area contributed by atoms with Gasteiger partial charge in [-0.1, -0.05) is 43.3 Å². The van der Waals surface area contributed by atoms with Crippen LogP contribution in [0, 0.1) is 0 Å². The lowest BCUT2D eigenvalue weighted by atomic mass is 10.1.